The van der Waals surface area contributed by atoms with Crippen LogP contribution in [0, 0.1) is 0 Å². The first kappa shape index (κ1) is 16.1. The fraction of sp³-hybridized carbons (Fsp3) is 0.800. The molecule has 0 spiro atoms. The number of amides is 3. The van der Waals surface area contributed by atoms with E-state index in [9.17, 15) is 9.59 Å². The SMILES string of the molecule is CN(C)CCOCCNC(=O)NC(=O)CCCl. The average Bonchev–Trinajstić information content (AvgIpc) is 2.23. The van der Waals surface area contributed by atoms with Gasteiger partial charge in [-0.3, -0.25) is 10.1 Å². The lowest BCUT2D eigenvalue weighted by Crippen LogP contribution is -2.40. The van der Waals surface area contributed by atoms with Gasteiger partial charge in [0.25, 0.3) is 0 Å². The van der Waals surface area contributed by atoms with E-state index in [1.54, 1.807) is 0 Å². The molecule has 0 aliphatic heterocycles. The molecule has 0 aliphatic carbocycles. The van der Waals surface area contributed by atoms with E-state index >= 15 is 0 Å². The fourth-order valence-corrected chi connectivity index (χ4v) is 1.08. The normalized spacial score (nSPS) is 10.4. The van der Waals surface area contributed by atoms with E-state index in [1.165, 1.54) is 0 Å². The Labute approximate surface area is 107 Å². The first-order valence-corrected chi connectivity index (χ1v) is 5.96. The van der Waals surface area contributed by atoms with Crippen molar-refractivity contribution < 1.29 is 14.3 Å². The lowest BCUT2D eigenvalue weighted by Gasteiger charge is -2.10. The zero-order valence-corrected chi connectivity index (χ0v) is 11.0. The maximum atomic E-state index is 11.1. The van der Waals surface area contributed by atoms with Crippen molar-refractivity contribution in [1.82, 2.24) is 15.5 Å². The predicted molar refractivity (Wildman–Crippen MR) is 66.3 cm³/mol. The van der Waals surface area contributed by atoms with Gasteiger partial charge in [0.2, 0.25) is 5.91 Å². The van der Waals surface area contributed by atoms with Crippen molar-refractivity contribution >= 4 is 23.5 Å². The number of imide groups is 1. The van der Waals surface area contributed by atoms with Crippen molar-refractivity contribution in [1.29, 1.82) is 0 Å². The summed E-state index contributed by atoms with van der Waals surface area (Å²) >= 11 is 5.35. The Morgan fingerprint density at radius 2 is 2.00 bits per heavy atom. The third kappa shape index (κ3) is 11.4. The molecule has 0 bridgehead atoms. The highest BCUT2D eigenvalue weighted by molar-refractivity contribution is 6.19. The minimum atomic E-state index is -0.517. The van der Waals surface area contributed by atoms with Gasteiger partial charge in [0, 0.05) is 25.4 Å². The molecule has 3 amide bonds. The van der Waals surface area contributed by atoms with Gasteiger partial charge < -0.3 is 15.0 Å². The third-order valence-corrected chi connectivity index (χ3v) is 1.98. The standard InChI is InChI=1S/C10H20ClN3O3/c1-14(2)6-8-17-7-5-12-10(16)13-9(15)3-4-11/h3-8H2,1-2H3,(H2,12,13,15,16). The van der Waals surface area contributed by atoms with Crippen LogP contribution >= 0.6 is 11.6 Å². The molecule has 0 aromatic carbocycles. The number of nitrogens with zero attached hydrogens (tertiary/aromatic N) is 1. The van der Waals surface area contributed by atoms with Gasteiger partial charge in [-0.05, 0) is 14.1 Å². The first-order chi connectivity index (χ1) is 8.06. The number of halogens is 1. The number of ether oxygens (including phenoxy) is 1. The molecular formula is C10H20ClN3O3. The molecule has 0 heterocycles. The molecule has 0 radical (unpaired) electrons. The van der Waals surface area contributed by atoms with Crippen LogP contribution < -0.4 is 10.6 Å². The first-order valence-electron chi connectivity index (χ1n) is 5.42. The quantitative estimate of drug-likeness (QED) is 0.480. The molecule has 0 aromatic rings. The summed E-state index contributed by atoms with van der Waals surface area (Å²) in [5, 5.41) is 4.66. The molecule has 6 nitrogen and oxygen atoms in total. The van der Waals surface area contributed by atoms with Crippen molar-refractivity contribution in [3.8, 4) is 0 Å². The number of alkyl halides is 1. The van der Waals surface area contributed by atoms with Crippen molar-refractivity contribution in [3.05, 3.63) is 0 Å². The van der Waals surface area contributed by atoms with Crippen molar-refractivity contribution in [2.75, 3.05) is 46.3 Å². The second-order valence-electron chi connectivity index (χ2n) is 3.66. The van der Waals surface area contributed by atoms with Gasteiger partial charge in [-0.15, -0.1) is 11.6 Å². The summed E-state index contributed by atoms with van der Waals surface area (Å²) in [5.41, 5.74) is 0. The zero-order chi connectivity index (χ0) is 13.1. The van der Waals surface area contributed by atoms with E-state index in [-0.39, 0.29) is 18.2 Å². The summed E-state index contributed by atoms with van der Waals surface area (Å²) < 4.78 is 5.26. The number of hydrogen-bond donors (Lipinski definition) is 2. The smallest absolute Gasteiger partial charge is 0.321 e. The Morgan fingerprint density at radius 1 is 1.29 bits per heavy atom. The highest BCUT2D eigenvalue weighted by atomic mass is 35.5. The summed E-state index contributed by atoms with van der Waals surface area (Å²) in [5.74, 6) is -0.182. The van der Waals surface area contributed by atoms with Crippen LogP contribution in [0.1, 0.15) is 6.42 Å². The lowest BCUT2D eigenvalue weighted by molar-refractivity contribution is -0.119. The van der Waals surface area contributed by atoms with Crippen LogP contribution in [0.4, 0.5) is 4.79 Å². The second kappa shape index (κ2) is 10.3. The van der Waals surface area contributed by atoms with E-state index in [2.05, 4.69) is 10.6 Å². The van der Waals surface area contributed by atoms with Crippen LogP contribution in [0.5, 0.6) is 0 Å². The van der Waals surface area contributed by atoms with E-state index in [0.717, 1.165) is 6.54 Å². The molecule has 0 saturated carbocycles. The number of nitrogens with one attached hydrogen (secondary N) is 2. The van der Waals surface area contributed by atoms with E-state index in [0.29, 0.717) is 19.8 Å². The van der Waals surface area contributed by atoms with Crippen LogP contribution in [0.15, 0.2) is 0 Å². The number of urea groups is 1. The van der Waals surface area contributed by atoms with Crippen LogP contribution in [-0.4, -0.2) is 63.1 Å². The van der Waals surface area contributed by atoms with Crippen LogP contribution in [0.3, 0.4) is 0 Å². The molecular weight excluding hydrogens is 246 g/mol. The lowest BCUT2D eigenvalue weighted by atomic mass is 10.4. The molecule has 0 unspecified atom stereocenters. The molecule has 17 heavy (non-hydrogen) atoms. The average molecular weight is 266 g/mol. The van der Waals surface area contributed by atoms with Crippen molar-refractivity contribution in [2.45, 2.75) is 6.42 Å². The van der Waals surface area contributed by atoms with E-state index in [1.807, 2.05) is 19.0 Å². The molecule has 0 aliphatic rings. The van der Waals surface area contributed by atoms with Crippen LogP contribution in [0.2, 0.25) is 0 Å². The Kier molecular flexibility index (Phi) is 9.80. The topological polar surface area (TPSA) is 70.7 Å². The van der Waals surface area contributed by atoms with Crippen molar-refractivity contribution in [3.63, 3.8) is 0 Å². The molecule has 100 valence electrons. The Hall–Kier alpha value is -0.850. The highest BCUT2D eigenvalue weighted by Gasteiger charge is 2.05. The molecule has 0 saturated heterocycles. The van der Waals surface area contributed by atoms with Gasteiger partial charge in [0.1, 0.15) is 0 Å². The maximum Gasteiger partial charge on any atom is 0.321 e. The predicted octanol–water partition coefficient (Wildman–Crippen LogP) is 0.0193. The van der Waals surface area contributed by atoms with Gasteiger partial charge in [-0.1, -0.05) is 0 Å². The Morgan fingerprint density at radius 3 is 2.59 bits per heavy atom. The summed E-state index contributed by atoms with van der Waals surface area (Å²) in [7, 11) is 3.91. The second-order valence-corrected chi connectivity index (χ2v) is 4.04. The summed E-state index contributed by atoms with van der Waals surface area (Å²) in [6, 6.07) is -0.517. The van der Waals surface area contributed by atoms with E-state index in [4.69, 9.17) is 16.3 Å². The molecule has 0 aromatic heterocycles. The zero-order valence-electron chi connectivity index (χ0n) is 10.3. The van der Waals surface area contributed by atoms with Gasteiger partial charge >= 0.3 is 6.03 Å². The van der Waals surface area contributed by atoms with Gasteiger partial charge in [-0.2, -0.15) is 0 Å². The molecule has 7 heteroatoms. The third-order valence-electron chi connectivity index (χ3n) is 1.79. The number of rotatable bonds is 8. The van der Waals surface area contributed by atoms with Crippen LogP contribution in [-0.2, 0) is 9.53 Å². The maximum absolute atomic E-state index is 11.1. The van der Waals surface area contributed by atoms with Crippen molar-refractivity contribution in [2.24, 2.45) is 0 Å². The molecule has 0 fully saturated rings. The number of carbonyl (C=O) groups is 2. The van der Waals surface area contributed by atoms with Gasteiger partial charge in [0.05, 0.1) is 13.2 Å². The molecule has 2 N–H and O–H groups in total. The monoisotopic (exact) mass is 265 g/mol. The number of carbonyl (C=O) groups excluding carboxylic acids is 2. The summed E-state index contributed by atoms with van der Waals surface area (Å²) in [4.78, 5) is 24.1. The Bertz CT molecular complexity index is 237. The number of likely N-dealkylation sites (N-methyl/N-ethyl adjacent to an activating group) is 1. The minimum absolute atomic E-state index is 0.133. The van der Waals surface area contributed by atoms with Gasteiger partial charge in [-0.25, -0.2) is 4.79 Å². The largest absolute Gasteiger partial charge is 0.378 e. The number of hydrogen-bond acceptors (Lipinski definition) is 4. The van der Waals surface area contributed by atoms with Crippen LogP contribution in [0.25, 0.3) is 0 Å². The van der Waals surface area contributed by atoms with Gasteiger partial charge in [0.15, 0.2) is 0 Å². The fourth-order valence-electron chi connectivity index (χ4n) is 0.905. The molecule has 0 atom stereocenters. The summed E-state index contributed by atoms with van der Waals surface area (Å²) in [6.45, 7) is 2.24. The summed E-state index contributed by atoms with van der Waals surface area (Å²) in [6.07, 6.45) is 0.133. The minimum Gasteiger partial charge on any atom is -0.378 e. The molecule has 0 rings (SSSR count). The Balaban J connectivity index is 3.36. The highest BCUT2D eigenvalue weighted by Crippen LogP contribution is 1.83. The van der Waals surface area contributed by atoms with E-state index < -0.39 is 6.03 Å².